The molecular weight excluding hydrogens is 208 g/mol. The van der Waals surface area contributed by atoms with Crippen molar-refractivity contribution in [2.24, 2.45) is 7.05 Å². The molecule has 0 fully saturated rings. The highest BCUT2D eigenvalue weighted by atomic mass is 16.6. The van der Waals surface area contributed by atoms with E-state index in [0.717, 1.165) is 11.3 Å². The predicted molar refractivity (Wildman–Crippen MR) is 59.7 cm³/mol. The first-order valence-electron chi connectivity index (χ1n) is 4.62. The molecule has 0 aliphatic rings. The average molecular weight is 218 g/mol. The highest BCUT2D eigenvalue weighted by Gasteiger charge is 2.08. The molecule has 0 unspecified atom stereocenters. The van der Waals surface area contributed by atoms with Gasteiger partial charge in [0.05, 0.1) is 10.6 Å². The number of nitrogens with zero attached hydrogens (tertiary/aromatic N) is 3. The summed E-state index contributed by atoms with van der Waals surface area (Å²) >= 11 is 0. The van der Waals surface area contributed by atoms with Gasteiger partial charge in [-0.2, -0.15) is 5.10 Å². The Labute approximate surface area is 91.5 Å². The Hall–Kier alpha value is -2.37. The zero-order valence-corrected chi connectivity index (χ0v) is 8.62. The number of non-ortho nitro benzene ring substituents is 1. The van der Waals surface area contributed by atoms with E-state index in [-0.39, 0.29) is 5.69 Å². The quantitative estimate of drug-likeness (QED) is 0.612. The molecule has 2 rings (SSSR count). The SMILES string of the molecule is Cn1nc(N)cc1-c1ccc([N+](=O)[O-])cc1. The van der Waals surface area contributed by atoms with Crippen LogP contribution in [0.5, 0.6) is 0 Å². The van der Waals surface area contributed by atoms with Crippen LogP contribution < -0.4 is 5.73 Å². The molecule has 16 heavy (non-hydrogen) atoms. The fourth-order valence-corrected chi connectivity index (χ4v) is 1.51. The van der Waals surface area contributed by atoms with E-state index >= 15 is 0 Å². The van der Waals surface area contributed by atoms with Gasteiger partial charge in [0, 0.05) is 30.8 Å². The van der Waals surface area contributed by atoms with Gasteiger partial charge in [0.1, 0.15) is 5.82 Å². The van der Waals surface area contributed by atoms with Crippen molar-refractivity contribution in [3.8, 4) is 11.3 Å². The maximum absolute atomic E-state index is 10.5. The molecular formula is C10H10N4O2. The van der Waals surface area contributed by atoms with Crippen molar-refractivity contribution < 1.29 is 4.92 Å². The Morgan fingerprint density at radius 2 is 2.00 bits per heavy atom. The minimum Gasteiger partial charge on any atom is -0.382 e. The van der Waals surface area contributed by atoms with E-state index in [1.54, 1.807) is 29.9 Å². The van der Waals surface area contributed by atoms with Gasteiger partial charge in [-0.15, -0.1) is 0 Å². The number of nitro groups is 1. The minimum atomic E-state index is -0.429. The van der Waals surface area contributed by atoms with Crippen molar-refractivity contribution in [1.82, 2.24) is 9.78 Å². The largest absolute Gasteiger partial charge is 0.382 e. The number of anilines is 1. The maximum atomic E-state index is 10.5. The number of aromatic nitrogens is 2. The molecule has 0 saturated carbocycles. The van der Waals surface area contributed by atoms with Gasteiger partial charge in [-0.25, -0.2) is 0 Å². The van der Waals surface area contributed by atoms with E-state index in [0.29, 0.717) is 5.82 Å². The van der Waals surface area contributed by atoms with E-state index in [9.17, 15) is 10.1 Å². The van der Waals surface area contributed by atoms with Crippen LogP contribution in [0, 0.1) is 10.1 Å². The first-order chi connectivity index (χ1) is 7.58. The first-order valence-corrected chi connectivity index (χ1v) is 4.62. The van der Waals surface area contributed by atoms with Crippen molar-refractivity contribution in [1.29, 1.82) is 0 Å². The Balaban J connectivity index is 2.42. The topological polar surface area (TPSA) is 87.0 Å². The summed E-state index contributed by atoms with van der Waals surface area (Å²) < 4.78 is 1.64. The summed E-state index contributed by atoms with van der Waals surface area (Å²) in [5.41, 5.74) is 7.29. The Kier molecular flexibility index (Phi) is 2.32. The Morgan fingerprint density at radius 3 is 2.44 bits per heavy atom. The van der Waals surface area contributed by atoms with E-state index in [1.807, 2.05) is 0 Å². The molecule has 0 atom stereocenters. The highest BCUT2D eigenvalue weighted by molar-refractivity contribution is 5.64. The van der Waals surface area contributed by atoms with Crippen molar-refractivity contribution in [3.05, 3.63) is 40.4 Å². The number of rotatable bonds is 2. The lowest BCUT2D eigenvalue weighted by molar-refractivity contribution is -0.384. The molecule has 6 nitrogen and oxygen atoms in total. The second kappa shape index (κ2) is 3.65. The molecule has 2 N–H and O–H groups in total. The van der Waals surface area contributed by atoms with Crippen LogP contribution in [0.25, 0.3) is 11.3 Å². The third-order valence-electron chi connectivity index (χ3n) is 2.27. The predicted octanol–water partition coefficient (Wildman–Crippen LogP) is 1.58. The summed E-state index contributed by atoms with van der Waals surface area (Å²) in [6.45, 7) is 0. The van der Waals surface area contributed by atoms with Crippen LogP contribution in [0.3, 0.4) is 0 Å². The van der Waals surface area contributed by atoms with E-state index in [1.165, 1.54) is 12.1 Å². The Bertz CT molecular complexity index is 530. The molecule has 0 bridgehead atoms. The van der Waals surface area contributed by atoms with Gasteiger partial charge in [-0.05, 0) is 12.1 Å². The van der Waals surface area contributed by atoms with Gasteiger partial charge in [-0.1, -0.05) is 0 Å². The van der Waals surface area contributed by atoms with Gasteiger partial charge >= 0.3 is 0 Å². The third kappa shape index (κ3) is 1.72. The summed E-state index contributed by atoms with van der Waals surface area (Å²) in [6.07, 6.45) is 0. The molecule has 82 valence electrons. The first kappa shape index (κ1) is 10.2. The lowest BCUT2D eigenvalue weighted by atomic mass is 10.1. The van der Waals surface area contributed by atoms with Crippen molar-refractivity contribution >= 4 is 11.5 Å². The van der Waals surface area contributed by atoms with Crippen LogP contribution in [0.4, 0.5) is 11.5 Å². The molecule has 1 aromatic carbocycles. The normalized spacial score (nSPS) is 10.3. The minimum absolute atomic E-state index is 0.0684. The molecule has 6 heteroatoms. The van der Waals surface area contributed by atoms with Gasteiger partial charge in [-0.3, -0.25) is 14.8 Å². The summed E-state index contributed by atoms with van der Waals surface area (Å²) in [7, 11) is 1.77. The van der Waals surface area contributed by atoms with E-state index in [2.05, 4.69) is 5.10 Å². The van der Waals surface area contributed by atoms with Crippen LogP contribution in [0.1, 0.15) is 0 Å². The van der Waals surface area contributed by atoms with Crippen molar-refractivity contribution in [2.75, 3.05) is 5.73 Å². The zero-order chi connectivity index (χ0) is 11.7. The standard InChI is InChI=1S/C10H10N4O2/c1-13-9(6-10(11)12-13)7-2-4-8(5-3-7)14(15)16/h2-6H,1H3,(H2,11,12). The number of benzene rings is 1. The molecule has 0 aliphatic heterocycles. The van der Waals surface area contributed by atoms with Crippen LogP contribution in [0.2, 0.25) is 0 Å². The number of hydrogen-bond donors (Lipinski definition) is 1. The third-order valence-corrected chi connectivity index (χ3v) is 2.27. The van der Waals surface area contributed by atoms with Gasteiger partial charge in [0.25, 0.3) is 5.69 Å². The number of nitrogens with two attached hydrogens (primary N) is 1. The fourth-order valence-electron chi connectivity index (χ4n) is 1.51. The molecule has 0 saturated heterocycles. The second-order valence-corrected chi connectivity index (χ2v) is 3.38. The molecule has 1 heterocycles. The lowest BCUT2D eigenvalue weighted by Gasteiger charge is -2.00. The maximum Gasteiger partial charge on any atom is 0.269 e. The number of nitrogen functional groups attached to an aromatic ring is 1. The highest BCUT2D eigenvalue weighted by Crippen LogP contribution is 2.23. The lowest BCUT2D eigenvalue weighted by Crippen LogP contribution is -1.94. The van der Waals surface area contributed by atoms with Gasteiger partial charge in [0.15, 0.2) is 0 Å². The zero-order valence-electron chi connectivity index (χ0n) is 8.62. The van der Waals surface area contributed by atoms with Crippen LogP contribution in [0.15, 0.2) is 30.3 Å². The second-order valence-electron chi connectivity index (χ2n) is 3.38. The van der Waals surface area contributed by atoms with Crippen LogP contribution in [-0.4, -0.2) is 14.7 Å². The van der Waals surface area contributed by atoms with Gasteiger partial charge < -0.3 is 5.73 Å². The molecule has 2 aromatic rings. The summed E-state index contributed by atoms with van der Waals surface area (Å²) in [6, 6.07) is 7.99. The monoisotopic (exact) mass is 218 g/mol. The number of hydrogen-bond acceptors (Lipinski definition) is 4. The van der Waals surface area contributed by atoms with Gasteiger partial charge in [0.2, 0.25) is 0 Å². The molecule has 0 amide bonds. The van der Waals surface area contributed by atoms with E-state index in [4.69, 9.17) is 5.73 Å². The average Bonchev–Trinajstić information content (AvgIpc) is 2.58. The van der Waals surface area contributed by atoms with E-state index < -0.39 is 4.92 Å². The molecule has 0 spiro atoms. The summed E-state index contributed by atoms with van der Waals surface area (Å²) in [5.74, 6) is 0.427. The van der Waals surface area contributed by atoms with Crippen molar-refractivity contribution in [3.63, 3.8) is 0 Å². The smallest absolute Gasteiger partial charge is 0.269 e. The van der Waals surface area contributed by atoms with Crippen molar-refractivity contribution in [2.45, 2.75) is 0 Å². The van der Waals surface area contributed by atoms with Crippen LogP contribution in [-0.2, 0) is 7.05 Å². The number of nitro benzene ring substituents is 1. The number of aryl methyl sites for hydroxylation is 1. The van der Waals surface area contributed by atoms with Crippen LogP contribution >= 0.6 is 0 Å². The molecule has 0 aliphatic carbocycles. The summed E-state index contributed by atoms with van der Waals surface area (Å²) in [5, 5.41) is 14.5. The Morgan fingerprint density at radius 1 is 1.38 bits per heavy atom. The molecule has 1 aromatic heterocycles. The molecule has 0 radical (unpaired) electrons. The fraction of sp³-hybridized carbons (Fsp3) is 0.100. The summed E-state index contributed by atoms with van der Waals surface area (Å²) in [4.78, 5) is 10.1.